The van der Waals surface area contributed by atoms with Crippen molar-refractivity contribution in [3.8, 4) is 6.07 Å². The second kappa shape index (κ2) is 7.77. The standard InChI is InChI=1S/C22H28N4O3/c1-15(2)24-20(27)19-11-29-22(12-25(19)10-16-6-7-16)13-26(14-22)21(28)18-5-3-4-17(8-18)9-23/h3-5,8,15-16,19H,6-7,10-14H2,1-2H3,(H,24,27)/t19-/m1/s1. The Morgan fingerprint density at radius 2 is 2.07 bits per heavy atom. The third kappa shape index (κ3) is 4.29. The molecule has 1 aromatic rings. The highest BCUT2D eigenvalue weighted by Crippen LogP contribution is 2.36. The first-order valence-corrected chi connectivity index (χ1v) is 10.4. The second-order valence-electron chi connectivity index (χ2n) is 8.90. The van der Waals surface area contributed by atoms with Gasteiger partial charge in [-0.2, -0.15) is 5.26 Å². The first-order chi connectivity index (χ1) is 13.9. The molecule has 2 saturated heterocycles. The molecule has 4 rings (SSSR count). The molecular formula is C22H28N4O3. The third-order valence-corrected chi connectivity index (χ3v) is 5.89. The lowest BCUT2D eigenvalue weighted by Crippen LogP contribution is -2.73. The smallest absolute Gasteiger partial charge is 0.254 e. The van der Waals surface area contributed by atoms with Gasteiger partial charge in [0.1, 0.15) is 11.6 Å². The maximum Gasteiger partial charge on any atom is 0.254 e. The lowest BCUT2D eigenvalue weighted by Gasteiger charge is -2.55. The van der Waals surface area contributed by atoms with Gasteiger partial charge < -0.3 is 15.0 Å². The van der Waals surface area contributed by atoms with E-state index in [-0.39, 0.29) is 23.9 Å². The number of nitriles is 1. The van der Waals surface area contributed by atoms with Crippen molar-refractivity contribution >= 4 is 11.8 Å². The average molecular weight is 396 g/mol. The normalized spacial score (nSPS) is 23.5. The van der Waals surface area contributed by atoms with Crippen molar-refractivity contribution in [1.29, 1.82) is 5.26 Å². The van der Waals surface area contributed by atoms with Crippen LogP contribution in [0.3, 0.4) is 0 Å². The highest BCUT2D eigenvalue weighted by Gasteiger charge is 2.52. The van der Waals surface area contributed by atoms with E-state index < -0.39 is 5.60 Å². The van der Waals surface area contributed by atoms with Crippen molar-refractivity contribution in [2.75, 3.05) is 32.8 Å². The number of likely N-dealkylation sites (tertiary alicyclic amines) is 1. The SMILES string of the molecule is CC(C)NC(=O)[C@H]1COC2(CN(C(=O)c3cccc(C#N)c3)C2)CN1CC1CC1. The van der Waals surface area contributed by atoms with Gasteiger partial charge in [0, 0.05) is 24.7 Å². The number of benzene rings is 1. The lowest BCUT2D eigenvalue weighted by atomic mass is 9.89. The van der Waals surface area contributed by atoms with Gasteiger partial charge in [-0.25, -0.2) is 0 Å². The van der Waals surface area contributed by atoms with Gasteiger partial charge in [-0.05, 0) is 50.8 Å². The molecule has 1 atom stereocenters. The highest BCUT2D eigenvalue weighted by molar-refractivity contribution is 5.95. The van der Waals surface area contributed by atoms with Crippen LogP contribution in [0.25, 0.3) is 0 Å². The number of carbonyl (C=O) groups excluding carboxylic acids is 2. The van der Waals surface area contributed by atoms with Crippen molar-refractivity contribution < 1.29 is 14.3 Å². The summed E-state index contributed by atoms with van der Waals surface area (Å²) >= 11 is 0. The van der Waals surface area contributed by atoms with Gasteiger partial charge >= 0.3 is 0 Å². The van der Waals surface area contributed by atoms with Crippen LogP contribution in [0.5, 0.6) is 0 Å². The van der Waals surface area contributed by atoms with E-state index in [1.165, 1.54) is 12.8 Å². The fraction of sp³-hybridized carbons (Fsp3) is 0.591. The minimum atomic E-state index is -0.397. The number of carbonyl (C=O) groups is 2. The van der Waals surface area contributed by atoms with Crippen molar-refractivity contribution in [3.63, 3.8) is 0 Å². The third-order valence-electron chi connectivity index (χ3n) is 5.89. The fourth-order valence-corrected chi connectivity index (χ4v) is 4.22. The molecule has 1 aliphatic carbocycles. The Morgan fingerprint density at radius 3 is 2.72 bits per heavy atom. The minimum Gasteiger partial charge on any atom is -0.368 e. The molecule has 7 heteroatoms. The zero-order valence-corrected chi connectivity index (χ0v) is 17.1. The van der Waals surface area contributed by atoms with E-state index in [1.807, 2.05) is 13.8 Å². The summed E-state index contributed by atoms with van der Waals surface area (Å²) in [5.41, 5.74) is 0.611. The molecule has 1 saturated carbocycles. The Balaban J connectivity index is 1.40. The highest BCUT2D eigenvalue weighted by atomic mass is 16.5. The molecule has 2 aliphatic heterocycles. The van der Waals surface area contributed by atoms with Gasteiger partial charge in [0.25, 0.3) is 5.91 Å². The molecule has 154 valence electrons. The number of ether oxygens (including phenoxy) is 1. The second-order valence-corrected chi connectivity index (χ2v) is 8.90. The van der Waals surface area contributed by atoms with Crippen LogP contribution in [0.15, 0.2) is 24.3 Å². The lowest BCUT2D eigenvalue weighted by molar-refractivity contribution is -0.192. The molecule has 1 spiro atoms. The predicted molar refractivity (Wildman–Crippen MR) is 107 cm³/mol. The van der Waals surface area contributed by atoms with Gasteiger partial charge in [0.05, 0.1) is 31.3 Å². The zero-order valence-electron chi connectivity index (χ0n) is 17.1. The molecule has 0 bridgehead atoms. The minimum absolute atomic E-state index is 0.0241. The molecular weight excluding hydrogens is 368 g/mol. The van der Waals surface area contributed by atoms with Crippen LogP contribution >= 0.6 is 0 Å². The van der Waals surface area contributed by atoms with Crippen molar-refractivity contribution in [2.24, 2.45) is 5.92 Å². The van der Waals surface area contributed by atoms with Crippen molar-refractivity contribution in [2.45, 2.75) is 44.4 Å². The van der Waals surface area contributed by atoms with E-state index in [9.17, 15) is 9.59 Å². The van der Waals surface area contributed by atoms with Gasteiger partial charge in [0.2, 0.25) is 5.91 Å². The van der Waals surface area contributed by atoms with Gasteiger partial charge in [-0.1, -0.05) is 6.07 Å². The van der Waals surface area contributed by atoms with Crippen LogP contribution in [-0.4, -0.2) is 72.1 Å². The molecule has 0 radical (unpaired) electrons. The van der Waals surface area contributed by atoms with Crippen LogP contribution in [0.4, 0.5) is 0 Å². The molecule has 29 heavy (non-hydrogen) atoms. The average Bonchev–Trinajstić information content (AvgIpc) is 3.49. The molecule has 2 amide bonds. The summed E-state index contributed by atoms with van der Waals surface area (Å²) in [7, 11) is 0. The number of rotatable bonds is 5. The molecule has 0 unspecified atom stereocenters. The van der Waals surface area contributed by atoms with Gasteiger partial charge in [-0.3, -0.25) is 14.5 Å². The Hall–Kier alpha value is -2.43. The number of amides is 2. The summed E-state index contributed by atoms with van der Waals surface area (Å²) < 4.78 is 6.16. The number of nitrogens with zero attached hydrogens (tertiary/aromatic N) is 3. The number of nitrogens with one attached hydrogen (secondary N) is 1. The summed E-state index contributed by atoms with van der Waals surface area (Å²) in [6.45, 7) is 6.90. The van der Waals surface area contributed by atoms with Crippen LogP contribution in [0.1, 0.15) is 42.6 Å². The largest absolute Gasteiger partial charge is 0.368 e. The Morgan fingerprint density at radius 1 is 1.31 bits per heavy atom. The monoisotopic (exact) mass is 396 g/mol. The van der Waals surface area contributed by atoms with E-state index >= 15 is 0 Å². The fourth-order valence-electron chi connectivity index (χ4n) is 4.22. The Kier molecular flexibility index (Phi) is 5.32. The molecule has 2 heterocycles. The summed E-state index contributed by atoms with van der Waals surface area (Å²) in [5, 5.41) is 12.1. The van der Waals surface area contributed by atoms with E-state index in [2.05, 4.69) is 16.3 Å². The van der Waals surface area contributed by atoms with Crippen LogP contribution in [-0.2, 0) is 9.53 Å². The van der Waals surface area contributed by atoms with Crippen LogP contribution in [0, 0.1) is 17.2 Å². The summed E-state index contributed by atoms with van der Waals surface area (Å²) in [4.78, 5) is 29.4. The number of morpholine rings is 1. The van der Waals surface area contributed by atoms with E-state index in [0.717, 1.165) is 6.54 Å². The van der Waals surface area contributed by atoms with Crippen LogP contribution in [0.2, 0.25) is 0 Å². The van der Waals surface area contributed by atoms with Gasteiger partial charge in [-0.15, -0.1) is 0 Å². The quantitative estimate of drug-likeness (QED) is 0.813. The molecule has 7 nitrogen and oxygen atoms in total. The predicted octanol–water partition coefficient (Wildman–Crippen LogP) is 1.39. The number of hydrogen-bond donors (Lipinski definition) is 1. The number of hydrogen-bond acceptors (Lipinski definition) is 5. The molecule has 0 aromatic heterocycles. The summed E-state index contributed by atoms with van der Waals surface area (Å²) in [6, 6.07) is 8.69. The maximum absolute atomic E-state index is 12.8. The first-order valence-electron chi connectivity index (χ1n) is 10.4. The molecule has 3 aliphatic rings. The Bertz CT molecular complexity index is 837. The first kappa shape index (κ1) is 19.9. The van der Waals surface area contributed by atoms with Crippen LogP contribution < -0.4 is 5.32 Å². The van der Waals surface area contributed by atoms with E-state index in [1.54, 1.807) is 29.2 Å². The summed E-state index contributed by atoms with van der Waals surface area (Å²) in [5.74, 6) is 0.617. The van der Waals surface area contributed by atoms with Gasteiger partial charge in [0.15, 0.2) is 0 Å². The van der Waals surface area contributed by atoms with E-state index in [4.69, 9.17) is 10.00 Å². The zero-order chi connectivity index (χ0) is 20.6. The molecule has 3 fully saturated rings. The molecule has 1 aromatic carbocycles. The maximum atomic E-state index is 12.8. The topological polar surface area (TPSA) is 85.7 Å². The Labute approximate surface area is 171 Å². The molecule has 1 N–H and O–H groups in total. The van der Waals surface area contributed by atoms with Crippen molar-refractivity contribution in [1.82, 2.24) is 15.1 Å². The van der Waals surface area contributed by atoms with Crippen molar-refractivity contribution in [3.05, 3.63) is 35.4 Å². The summed E-state index contributed by atoms with van der Waals surface area (Å²) in [6.07, 6.45) is 2.45. The van der Waals surface area contributed by atoms with E-state index in [0.29, 0.717) is 43.3 Å².